The number of anilines is 1. The van der Waals surface area contributed by atoms with E-state index in [-0.39, 0.29) is 22.0 Å². The van der Waals surface area contributed by atoms with Gasteiger partial charge in [-0.1, -0.05) is 11.6 Å². The second-order valence-electron chi connectivity index (χ2n) is 3.78. The fourth-order valence-electron chi connectivity index (χ4n) is 1.50. The van der Waals surface area contributed by atoms with Crippen molar-refractivity contribution in [1.29, 1.82) is 0 Å². The zero-order valence-corrected chi connectivity index (χ0v) is 10.5. The van der Waals surface area contributed by atoms with Crippen molar-refractivity contribution in [2.75, 3.05) is 5.32 Å². The van der Waals surface area contributed by atoms with Gasteiger partial charge in [-0.3, -0.25) is 4.79 Å². The van der Waals surface area contributed by atoms with E-state index in [0.29, 0.717) is 0 Å². The Morgan fingerprint density at radius 2 is 1.85 bits per heavy atom. The third-order valence-electron chi connectivity index (χ3n) is 2.37. The van der Waals surface area contributed by atoms with E-state index in [1.54, 1.807) is 4.98 Å². The molecule has 1 heterocycles. The summed E-state index contributed by atoms with van der Waals surface area (Å²) in [6, 6.07) is 5.72. The SMILES string of the molecule is O=Nc1cc(NC(=O)c2cc(F)[nH+]c(F)c2)ccc1Cl. The molecule has 8 heteroatoms. The molecule has 2 N–H and O–H groups in total. The molecular weight excluding hydrogens is 292 g/mol. The van der Waals surface area contributed by atoms with E-state index in [1.165, 1.54) is 18.2 Å². The Morgan fingerprint density at radius 1 is 1.20 bits per heavy atom. The molecule has 0 aliphatic carbocycles. The first kappa shape index (κ1) is 14.0. The number of aromatic amines is 1. The van der Waals surface area contributed by atoms with Crippen LogP contribution in [-0.2, 0) is 0 Å². The van der Waals surface area contributed by atoms with Crippen LogP contribution in [0.1, 0.15) is 10.4 Å². The van der Waals surface area contributed by atoms with Crippen molar-refractivity contribution >= 4 is 28.9 Å². The van der Waals surface area contributed by atoms with E-state index in [0.717, 1.165) is 12.1 Å². The minimum absolute atomic E-state index is 0.0526. The molecule has 1 aromatic carbocycles. The summed E-state index contributed by atoms with van der Waals surface area (Å²) < 4.78 is 25.9. The maximum atomic E-state index is 12.9. The number of aromatic nitrogens is 1. The van der Waals surface area contributed by atoms with Crippen molar-refractivity contribution in [3.8, 4) is 0 Å². The van der Waals surface area contributed by atoms with Crippen LogP contribution in [0.2, 0.25) is 5.02 Å². The standard InChI is InChI=1S/C12H6ClF2N3O2/c13-8-2-1-7(5-9(8)18-20)16-12(19)6-3-10(14)17-11(15)4-6/h1-5H,(H,16,19)/p+1. The molecule has 0 bridgehead atoms. The van der Waals surface area contributed by atoms with Crippen molar-refractivity contribution < 1.29 is 18.6 Å². The maximum Gasteiger partial charge on any atom is 0.361 e. The highest BCUT2D eigenvalue weighted by Gasteiger charge is 2.15. The number of carbonyl (C=O) groups excluding carboxylic acids is 1. The minimum Gasteiger partial charge on any atom is -0.322 e. The lowest BCUT2D eigenvalue weighted by molar-refractivity contribution is -0.461. The fourth-order valence-corrected chi connectivity index (χ4v) is 1.65. The lowest BCUT2D eigenvalue weighted by atomic mass is 10.2. The Bertz CT molecular complexity index is 674. The number of rotatable bonds is 3. The highest BCUT2D eigenvalue weighted by Crippen LogP contribution is 2.28. The van der Waals surface area contributed by atoms with Gasteiger partial charge in [-0.25, -0.2) is 0 Å². The van der Waals surface area contributed by atoms with Gasteiger partial charge in [0.15, 0.2) is 0 Å². The van der Waals surface area contributed by atoms with Gasteiger partial charge in [0, 0.05) is 5.69 Å². The molecule has 0 unspecified atom stereocenters. The summed E-state index contributed by atoms with van der Waals surface area (Å²) in [6.07, 6.45) is 0. The summed E-state index contributed by atoms with van der Waals surface area (Å²) in [5.74, 6) is -2.71. The monoisotopic (exact) mass is 298 g/mol. The highest BCUT2D eigenvalue weighted by molar-refractivity contribution is 6.33. The number of hydrogen-bond acceptors (Lipinski definition) is 3. The molecule has 5 nitrogen and oxygen atoms in total. The van der Waals surface area contributed by atoms with Gasteiger partial charge in [-0.15, -0.1) is 13.7 Å². The van der Waals surface area contributed by atoms with Crippen molar-refractivity contribution in [3.05, 3.63) is 57.7 Å². The fraction of sp³-hybridized carbons (Fsp3) is 0. The lowest BCUT2D eigenvalue weighted by Crippen LogP contribution is -2.19. The van der Waals surface area contributed by atoms with Gasteiger partial charge in [0.05, 0.1) is 22.7 Å². The van der Waals surface area contributed by atoms with E-state index in [4.69, 9.17) is 11.6 Å². The largest absolute Gasteiger partial charge is 0.361 e. The van der Waals surface area contributed by atoms with Gasteiger partial charge >= 0.3 is 11.9 Å². The number of amides is 1. The molecule has 0 atom stereocenters. The Labute approximate surface area is 116 Å². The zero-order chi connectivity index (χ0) is 14.7. The van der Waals surface area contributed by atoms with Crippen LogP contribution in [0, 0.1) is 16.8 Å². The molecule has 0 aliphatic rings. The quantitative estimate of drug-likeness (QED) is 0.698. The molecule has 0 radical (unpaired) electrons. The third-order valence-corrected chi connectivity index (χ3v) is 2.69. The maximum absolute atomic E-state index is 12.9. The topological polar surface area (TPSA) is 72.7 Å². The molecule has 1 aromatic heterocycles. The van der Waals surface area contributed by atoms with Gasteiger partial charge in [0.2, 0.25) is 0 Å². The molecule has 20 heavy (non-hydrogen) atoms. The van der Waals surface area contributed by atoms with Crippen LogP contribution in [0.15, 0.2) is 35.5 Å². The van der Waals surface area contributed by atoms with Crippen LogP contribution >= 0.6 is 11.6 Å². The average molecular weight is 299 g/mol. The lowest BCUT2D eigenvalue weighted by Gasteiger charge is -2.05. The Balaban J connectivity index is 2.25. The molecule has 102 valence electrons. The van der Waals surface area contributed by atoms with Crippen LogP contribution in [0.5, 0.6) is 0 Å². The molecule has 0 saturated heterocycles. The number of pyridine rings is 1. The minimum atomic E-state index is -0.985. The van der Waals surface area contributed by atoms with Gasteiger partial charge in [-0.2, -0.15) is 4.98 Å². The molecule has 1 amide bonds. The number of halogens is 3. The number of nitrogens with zero attached hydrogens (tertiary/aromatic N) is 1. The predicted octanol–water partition coefficient (Wildman–Crippen LogP) is 3.08. The van der Waals surface area contributed by atoms with Crippen molar-refractivity contribution in [1.82, 2.24) is 0 Å². The molecule has 2 aromatic rings. The van der Waals surface area contributed by atoms with E-state index >= 15 is 0 Å². The number of hydrogen-bond donors (Lipinski definition) is 1. The molecule has 0 saturated carbocycles. The zero-order valence-electron chi connectivity index (χ0n) is 9.78. The van der Waals surface area contributed by atoms with E-state index < -0.39 is 17.8 Å². The van der Waals surface area contributed by atoms with Gasteiger partial charge < -0.3 is 5.32 Å². The summed E-state index contributed by atoms with van der Waals surface area (Å²) in [5.41, 5.74) is -0.0415. The molecule has 0 fully saturated rings. The number of carbonyl (C=O) groups is 1. The summed E-state index contributed by atoms with van der Waals surface area (Å²) in [6.45, 7) is 0. The summed E-state index contributed by atoms with van der Waals surface area (Å²) >= 11 is 5.68. The molecular formula is C12H7ClF2N3O2+. The van der Waals surface area contributed by atoms with Crippen LogP contribution in [0.25, 0.3) is 0 Å². The second kappa shape index (κ2) is 5.70. The molecule has 0 spiro atoms. The van der Waals surface area contributed by atoms with Gasteiger partial charge in [-0.05, 0) is 23.4 Å². The molecule has 0 aliphatic heterocycles. The average Bonchev–Trinajstić information content (AvgIpc) is 2.39. The van der Waals surface area contributed by atoms with Crippen molar-refractivity contribution in [2.45, 2.75) is 0 Å². The van der Waals surface area contributed by atoms with Gasteiger partial charge in [0.1, 0.15) is 5.69 Å². The predicted molar refractivity (Wildman–Crippen MR) is 67.8 cm³/mol. The van der Waals surface area contributed by atoms with E-state index in [1.807, 2.05) is 0 Å². The third kappa shape index (κ3) is 3.12. The number of nitrogens with one attached hydrogen (secondary N) is 2. The first-order valence-electron chi connectivity index (χ1n) is 5.32. The number of H-pyrrole nitrogens is 1. The Hall–Kier alpha value is -2.41. The number of nitroso groups, excluding NO2 is 1. The summed E-state index contributed by atoms with van der Waals surface area (Å²) in [5, 5.41) is 5.18. The second-order valence-corrected chi connectivity index (χ2v) is 4.18. The smallest absolute Gasteiger partial charge is 0.322 e. The van der Waals surface area contributed by atoms with Crippen molar-refractivity contribution in [2.24, 2.45) is 5.18 Å². The van der Waals surface area contributed by atoms with Crippen LogP contribution in [-0.4, -0.2) is 5.91 Å². The Morgan fingerprint density at radius 3 is 2.45 bits per heavy atom. The summed E-state index contributed by atoms with van der Waals surface area (Å²) in [4.78, 5) is 24.0. The Kier molecular flexibility index (Phi) is 3.99. The molecule has 2 rings (SSSR count). The highest BCUT2D eigenvalue weighted by atomic mass is 35.5. The summed E-state index contributed by atoms with van der Waals surface area (Å²) in [7, 11) is 0. The van der Waals surface area contributed by atoms with Crippen LogP contribution in [0.4, 0.5) is 20.2 Å². The first-order valence-corrected chi connectivity index (χ1v) is 5.70. The van der Waals surface area contributed by atoms with E-state index in [2.05, 4.69) is 10.5 Å². The normalized spacial score (nSPS) is 10.2. The van der Waals surface area contributed by atoms with Gasteiger partial charge in [0.25, 0.3) is 5.91 Å². The van der Waals surface area contributed by atoms with E-state index in [9.17, 15) is 18.5 Å². The van der Waals surface area contributed by atoms with Crippen LogP contribution < -0.4 is 10.3 Å². The van der Waals surface area contributed by atoms with Crippen molar-refractivity contribution in [3.63, 3.8) is 0 Å². The number of benzene rings is 1. The first-order chi connectivity index (χ1) is 9.49. The van der Waals surface area contributed by atoms with Crippen LogP contribution in [0.3, 0.4) is 0 Å².